The number of benzene rings is 1. The maximum Gasteiger partial charge on any atom is 0.170 e. The molecule has 2 aromatic rings. The van der Waals surface area contributed by atoms with Crippen LogP contribution in [0.3, 0.4) is 0 Å². The van der Waals surface area contributed by atoms with E-state index in [1.807, 2.05) is 12.1 Å². The monoisotopic (exact) mass is 342 g/mol. The van der Waals surface area contributed by atoms with E-state index in [-0.39, 0.29) is 10.8 Å². The first-order valence-electron chi connectivity index (χ1n) is 6.76. The minimum absolute atomic E-state index is 0.208. The third kappa shape index (κ3) is 5.31. The Hall–Kier alpha value is -1.60. The van der Waals surface area contributed by atoms with Gasteiger partial charge in [0.05, 0.1) is 12.0 Å². The van der Waals surface area contributed by atoms with Gasteiger partial charge in [0.1, 0.15) is 23.1 Å². The lowest BCUT2D eigenvalue weighted by Gasteiger charge is -2.11. The average Bonchev–Trinajstić information content (AvgIpc) is 3.00. The molecule has 118 valence electrons. The number of anilines is 1. The van der Waals surface area contributed by atoms with Crippen LogP contribution in [0.4, 0.5) is 14.5 Å². The summed E-state index contributed by atoms with van der Waals surface area (Å²) in [6.07, 6.45) is 2.54. The minimum atomic E-state index is -0.668. The molecule has 0 aliphatic rings. The van der Waals surface area contributed by atoms with E-state index in [0.29, 0.717) is 6.54 Å². The normalized spacial score (nSPS) is 10.5. The van der Waals surface area contributed by atoms with Crippen LogP contribution in [0.5, 0.6) is 0 Å². The van der Waals surface area contributed by atoms with E-state index in [2.05, 4.69) is 10.6 Å². The zero-order chi connectivity index (χ0) is 15.8. The molecule has 0 fully saturated rings. The van der Waals surface area contributed by atoms with Crippen molar-refractivity contribution in [3.05, 3.63) is 54.0 Å². The van der Waals surface area contributed by atoms with Crippen LogP contribution >= 0.6 is 24.0 Å². The van der Waals surface area contributed by atoms with Crippen LogP contribution in [0.15, 0.2) is 41.0 Å². The number of halogens is 2. The van der Waals surface area contributed by atoms with Crippen molar-refractivity contribution >= 4 is 34.8 Å². The van der Waals surface area contributed by atoms with Crippen molar-refractivity contribution in [2.45, 2.75) is 12.2 Å². The van der Waals surface area contributed by atoms with Gasteiger partial charge in [0.15, 0.2) is 5.11 Å². The number of rotatable bonds is 7. The molecule has 3 nitrogen and oxygen atoms in total. The van der Waals surface area contributed by atoms with Gasteiger partial charge in [-0.2, -0.15) is 11.8 Å². The lowest BCUT2D eigenvalue weighted by molar-refractivity contribution is 0.530. The Morgan fingerprint density at radius 1 is 1.18 bits per heavy atom. The molecule has 2 N–H and O–H groups in total. The lowest BCUT2D eigenvalue weighted by Crippen LogP contribution is -2.30. The fourth-order valence-electron chi connectivity index (χ4n) is 1.72. The van der Waals surface area contributed by atoms with Gasteiger partial charge in [-0.3, -0.25) is 0 Å². The first-order valence-corrected chi connectivity index (χ1v) is 8.32. The quantitative estimate of drug-likeness (QED) is 0.583. The van der Waals surface area contributed by atoms with Crippen molar-refractivity contribution in [2.24, 2.45) is 0 Å². The molecule has 0 atom stereocenters. The molecular formula is C15H16F2N2OS2. The van der Waals surface area contributed by atoms with Crippen LogP contribution in [0, 0.1) is 11.6 Å². The third-order valence-electron chi connectivity index (χ3n) is 2.78. The van der Waals surface area contributed by atoms with E-state index >= 15 is 0 Å². The Kier molecular flexibility index (Phi) is 6.67. The van der Waals surface area contributed by atoms with Crippen molar-refractivity contribution in [3.63, 3.8) is 0 Å². The zero-order valence-corrected chi connectivity index (χ0v) is 13.4. The molecule has 0 amide bonds. The lowest BCUT2D eigenvalue weighted by atomic mass is 10.3. The molecular weight excluding hydrogens is 326 g/mol. The second-order valence-electron chi connectivity index (χ2n) is 4.46. The maximum absolute atomic E-state index is 13.4. The summed E-state index contributed by atoms with van der Waals surface area (Å²) in [5.41, 5.74) is -0.229. The van der Waals surface area contributed by atoms with E-state index in [1.165, 1.54) is 18.2 Å². The van der Waals surface area contributed by atoms with Gasteiger partial charge < -0.3 is 15.1 Å². The number of hydrogen-bond donors (Lipinski definition) is 2. The Morgan fingerprint density at radius 2 is 1.95 bits per heavy atom. The van der Waals surface area contributed by atoms with Crippen LogP contribution < -0.4 is 10.6 Å². The highest BCUT2D eigenvalue weighted by molar-refractivity contribution is 7.98. The predicted molar refractivity (Wildman–Crippen MR) is 90.1 cm³/mol. The van der Waals surface area contributed by atoms with Gasteiger partial charge in [-0.05, 0) is 48.7 Å². The second kappa shape index (κ2) is 8.75. The number of hydrogen-bond acceptors (Lipinski definition) is 3. The van der Waals surface area contributed by atoms with Gasteiger partial charge in [-0.1, -0.05) is 6.07 Å². The topological polar surface area (TPSA) is 37.2 Å². The summed E-state index contributed by atoms with van der Waals surface area (Å²) in [5.74, 6) is 1.38. The van der Waals surface area contributed by atoms with Crippen molar-refractivity contribution < 1.29 is 13.2 Å². The minimum Gasteiger partial charge on any atom is -0.468 e. The summed E-state index contributed by atoms with van der Waals surface area (Å²) in [6, 6.07) is 7.47. The summed E-state index contributed by atoms with van der Waals surface area (Å²) < 4.78 is 32.1. The fourth-order valence-corrected chi connectivity index (χ4v) is 2.78. The molecule has 7 heteroatoms. The highest BCUT2D eigenvalue weighted by Gasteiger charge is 2.09. The highest BCUT2D eigenvalue weighted by atomic mass is 32.2. The Balaban J connectivity index is 1.62. The molecule has 2 rings (SSSR count). The molecule has 0 bridgehead atoms. The van der Waals surface area contributed by atoms with Crippen molar-refractivity contribution in [3.8, 4) is 0 Å². The smallest absolute Gasteiger partial charge is 0.170 e. The second-order valence-corrected chi connectivity index (χ2v) is 5.98. The molecule has 1 heterocycles. The highest BCUT2D eigenvalue weighted by Crippen LogP contribution is 2.17. The van der Waals surface area contributed by atoms with Crippen LogP contribution in [-0.2, 0) is 5.75 Å². The fraction of sp³-hybridized carbons (Fsp3) is 0.267. The van der Waals surface area contributed by atoms with Gasteiger partial charge in [-0.25, -0.2) is 8.78 Å². The first-order chi connectivity index (χ1) is 10.7. The van der Waals surface area contributed by atoms with Crippen molar-refractivity contribution in [1.29, 1.82) is 0 Å². The van der Waals surface area contributed by atoms with Crippen molar-refractivity contribution in [2.75, 3.05) is 17.6 Å². The zero-order valence-electron chi connectivity index (χ0n) is 11.8. The van der Waals surface area contributed by atoms with Gasteiger partial charge in [-0.15, -0.1) is 0 Å². The molecule has 0 aliphatic heterocycles. The van der Waals surface area contributed by atoms with E-state index in [4.69, 9.17) is 16.6 Å². The van der Waals surface area contributed by atoms with E-state index in [1.54, 1.807) is 18.0 Å². The number of thioether (sulfide) groups is 1. The molecule has 0 saturated carbocycles. The Bertz CT molecular complexity index is 585. The van der Waals surface area contributed by atoms with E-state index < -0.39 is 11.6 Å². The SMILES string of the molecule is Fc1cccc(F)c1NC(=S)NCCCSCc1ccco1. The van der Waals surface area contributed by atoms with Crippen LogP contribution in [0.2, 0.25) is 0 Å². The molecule has 1 aromatic heterocycles. The van der Waals surface area contributed by atoms with E-state index in [0.717, 1.165) is 23.7 Å². The average molecular weight is 342 g/mol. The molecule has 0 spiro atoms. The van der Waals surface area contributed by atoms with Crippen LogP contribution in [0.25, 0.3) is 0 Å². The van der Waals surface area contributed by atoms with Crippen LogP contribution in [-0.4, -0.2) is 17.4 Å². The van der Waals surface area contributed by atoms with Gasteiger partial charge in [0.25, 0.3) is 0 Å². The summed E-state index contributed by atoms with van der Waals surface area (Å²) >= 11 is 6.77. The molecule has 0 saturated heterocycles. The number of nitrogens with one attached hydrogen (secondary N) is 2. The number of thiocarbonyl (C=S) groups is 1. The standard InChI is InChI=1S/C15H16F2N2OS2/c16-12-5-1-6-13(17)14(12)19-15(21)18-7-3-9-22-10-11-4-2-8-20-11/h1-2,4-6,8H,3,7,9-10H2,(H2,18,19,21). The third-order valence-corrected chi connectivity index (χ3v) is 4.09. The van der Waals surface area contributed by atoms with Gasteiger partial charge >= 0.3 is 0 Å². The predicted octanol–water partition coefficient (Wildman–Crippen LogP) is 4.17. The number of furan rings is 1. The molecule has 0 radical (unpaired) electrons. The maximum atomic E-state index is 13.4. The summed E-state index contributed by atoms with van der Waals surface area (Å²) in [6.45, 7) is 0.632. The summed E-state index contributed by atoms with van der Waals surface area (Å²) in [5, 5.41) is 5.68. The molecule has 0 unspecified atom stereocenters. The van der Waals surface area contributed by atoms with Gasteiger partial charge in [0.2, 0.25) is 0 Å². The largest absolute Gasteiger partial charge is 0.468 e. The van der Waals surface area contributed by atoms with Crippen molar-refractivity contribution in [1.82, 2.24) is 5.32 Å². The first kappa shape index (κ1) is 16.8. The summed E-state index contributed by atoms with van der Waals surface area (Å²) in [7, 11) is 0. The molecule has 22 heavy (non-hydrogen) atoms. The Labute approximate surface area is 137 Å². The van der Waals surface area contributed by atoms with Gasteiger partial charge in [0, 0.05) is 6.54 Å². The number of para-hydroxylation sites is 1. The van der Waals surface area contributed by atoms with Crippen LogP contribution in [0.1, 0.15) is 12.2 Å². The Morgan fingerprint density at radius 3 is 2.64 bits per heavy atom. The summed E-state index contributed by atoms with van der Waals surface area (Å²) in [4.78, 5) is 0. The van der Waals surface area contributed by atoms with E-state index in [9.17, 15) is 8.78 Å². The molecule has 1 aromatic carbocycles. The molecule has 0 aliphatic carbocycles.